The second-order valence-electron chi connectivity index (χ2n) is 5.28. The Morgan fingerprint density at radius 3 is 2.15 bits per heavy atom. The molecule has 26 heavy (non-hydrogen) atoms. The molecule has 0 heterocycles. The standard InChI is InChI=1S/C18H17NO7/c1-11(17(20)12-4-7-14(24-2)8-5-12)26-18(21)13-6-9-16(25-3)15(10-13)19(22)23/h4-11H,1-3H3/t11-/m1/s1. The van der Waals surface area contributed by atoms with Crippen LogP contribution in [0.1, 0.15) is 27.6 Å². The molecular formula is C18H17NO7. The zero-order chi connectivity index (χ0) is 19.3. The van der Waals surface area contributed by atoms with E-state index in [0.29, 0.717) is 11.3 Å². The van der Waals surface area contributed by atoms with E-state index in [2.05, 4.69) is 0 Å². The number of Topliss-reactive ketones (excluding diaryl/α,β-unsaturated/α-hetero) is 1. The van der Waals surface area contributed by atoms with E-state index in [1.165, 1.54) is 33.3 Å². The van der Waals surface area contributed by atoms with Gasteiger partial charge in [0, 0.05) is 11.6 Å². The number of nitro benzene ring substituents is 1. The van der Waals surface area contributed by atoms with E-state index in [0.717, 1.165) is 6.07 Å². The number of ketones is 1. The van der Waals surface area contributed by atoms with Gasteiger partial charge in [-0.25, -0.2) is 4.79 Å². The fourth-order valence-corrected chi connectivity index (χ4v) is 2.23. The number of carbonyl (C=O) groups excluding carboxylic acids is 2. The molecule has 2 aromatic carbocycles. The summed E-state index contributed by atoms with van der Waals surface area (Å²) in [4.78, 5) is 34.9. The van der Waals surface area contributed by atoms with Crippen molar-refractivity contribution in [2.75, 3.05) is 14.2 Å². The van der Waals surface area contributed by atoms with Gasteiger partial charge in [0.15, 0.2) is 11.9 Å². The maximum absolute atomic E-state index is 12.3. The van der Waals surface area contributed by atoms with Crippen LogP contribution in [0.5, 0.6) is 11.5 Å². The molecule has 0 aromatic heterocycles. The van der Waals surface area contributed by atoms with Crippen molar-refractivity contribution in [2.24, 2.45) is 0 Å². The Morgan fingerprint density at radius 1 is 1.00 bits per heavy atom. The predicted octanol–water partition coefficient (Wildman–Crippen LogP) is 3.04. The van der Waals surface area contributed by atoms with E-state index in [1.807, 2.05) is 0 Å². The third kappa shape index (κ3) is 4.15. The topological polar surface area (TPSA) is 105 Å². The summed E-state index contributed by atoms with van der Waals surface area (Å²) in [6.45, 7) is 1.43. The Kier molecular flexibility index (Phi) is 5.90. The molecule has 0 N–H and O–H groups in total. The molecule has 0 fully saturated rings. The second kappa shape index (κ2) is 8.11. The molecule has 0 aliphatic heterocycles. The van der Waals surface area contributed by atoms with Crippen molar-refractivity contribution >= 4 is 17.4 Å². The highest BCUT2D eigenvalue weighted by molar-refractivity contribution is 6.01. The van der Waals surface area contributed by atoms with E-state index < -0.39 is 22.8 Å². The van der Waals surface area contributed by atoms with Crippen LogP contribution >= 0.6 is 0 Å². The van der Waals surface area contributed by atoms with E-state index in [4.69, 9.17) is 14.2 Å². The highest BCUT2D eigenvalue weighted by atomic mass is 16.6. The van der Waals surface area contributed by atoms with E-state index >= 15 is 0 Å². The van der Waals surface area contributed by atoms with Gasteiger partial charge in [-0.2, -0.15) is 0 Å². The number of ether oxygens (including phenoxy) is 3. The lowest BCUT2D eigenvalue weighted by Gasteiger charge is -2.13. The van der Waals surface area contributed by atoms with Crippen LogP contribution in [-0.2, 0) is 4.74 Å². The molecule has 0 bridgehead atoms. The average molecular weight is 359 g/mol. The summed E-state index contributed by atoms with van der Waals surface area (Å²) in [5, 5.41) is 11.0. The third-order valence-electron chi connectivity index (χ3n) is 3.64. The first-order valence-corrected chi connectivity index (χ1v) is 7.59. The van der Waals surface area contributed by atoms with Crippen molar-refractivity contribution in [3.8, 4) is 11.5 Å². The summed E-state index contributed by atoms with van der Waals surface area (Å²) in [6.07, 6.45) is -1.06. The molecule has 8 heteroatoms. The Bertz CT molecular complexity index is 830. The zero-order valence-electron chi connectivity index (χ0n) is 14.4. The Hall–Kier alpha value is -3.42. The molecule has 0 saturated heterocycles. The number of hydrogen-bond donors (Lipinski definition) is 0. The maximum atomic E-state index is 12.3. The summed E-state index contributed by atoms with van der Waals surface area (Å²) >= 11 is 0. The molecule has 0 aliphatic rings. The van der Waals surface area contributed by atoms with Crippen LogP contribution in [0.2, 0.25) is 0 Å². The first-order chi connectivity index (χ1) is 12.4. The van der Waals surface area contributed by atoms with Crippen LogP contribution in [-0.4, -0.2) is 37.0 Å². The minimum Gasteiger partial charge on any atom is -0.497 e. The fourth-order valence-electron chi connectivity index (χ4n) is 2.23. The molecule has 0 spiro atoms. The van der Waals surface area contributed by atoms with Crippen LogP contribution in [0.15, 0.2) is 42.5 Å². The monoisotopic (exact) mass is 359 g/mol. The number of carbonyl (C=O) groups is 2. The van der Waals surface area contributed by atoms with Crippen LogP contribution in [0.25, 0.3) is 0 Å². The number of hydrogen-bond acceptors (Lipinski definition) is 7. The minimum absolute atomic E-state index is 0.0221. The quantitative estimate of drug-likeness (QED) is 0.324. The number of esters is 1. The number of methoxy groups -OCH3 is 2. The second-order valence-corrected chi connectivity index (χ2v) is 5.28. The van der Waals surface area contributed by atoms with Crippen LogP contribution in [0.3, 0.4) is 0 Å². The maximum Gasteiger partial charge on any atom is 0.339 e. The van der Waals surface area contributed by atoms with Crippen molar-refractivity contribution in [3.05, 3.63) is 63.7 Å². The number of rotatable bonds is 7. The lowest BCUT2D eigenvalue weighted by Crippen LogP contribution is -2.24. The van der Waals surface area contributed by atoms with Crippen LogP contribution in [0.4, 0.5) is 5.69 Å². The zero-order valence-corrected chi connectivity index (χ0v) is 14.4. The molecule has 0 amide bonds. The Balaban J connectivity index is 2.14. The normalized spacial score (nSPS) is 11.3. The third-order valence-corrected chi connectivity index (χ3v) is 3.64. The van der Waals surface area contributed by atoms with Gasteiger partial charge in [0.05, 0.1) is 24.7 Å². The predicted molar refractivity (Wildman–Crippen MR) is 91.9 cm³/mol. The lowest BCUT2D eigenvalue weighted by atomic mass is 10.1. The van der Waals surface area contributed by atoms with E-state index in [-0.39, 0.29) is 17.0 Å². The van der Waals surface area contributed by atoms with Gasteiger partial charge in [-0.3, -0.25) is 14.9 Å². The summed E-state index contributed by atoms with van der Waals surface area (Å²) in [6, 6.07) is 10.0. The van der Waals surface area contributed by atoms with Gasteiger partial charge in [-0.15, -0.1) is 0 Å². The largest absolute Gasteiger partial charge is 0.497 e. The number of nitro groups is 1. The van der Waals surface area contributed by atoms with Crippen LogP contribution in [0, 0.1) is 10.1 Å². The highest BCUT2D eigenvalue weighted by Crippen LogP contribution is 2.28. The molecule has 136 valence electrons. The van der Waals surface area contributed by atoms with Gasteiger partial charge < -0.3 is 14.2 Å². The smallest absolute Gasteiger partial charge is 0.339 e. The number of nitrogens with zero attached hydrogens (tertiary/aromatic N) is 1. The molecule has 0 radical (unpaired) electrons. The van der Waals surface area contributed by atoms with Gasteiger partial charge in [0.25, 0.3) is 0 Å². The Morgan fingerprint density at radius 2 is 1.62 bits per heavy atom. The van der Waals surface area contributed by atoms with Gasteiger partial charge in [0.2, 0.25) is 5.78 Å². The molecule has 8 nitrogen and oxygen atoms in total. The van der Waals surface area contributed by atoms with Gasteiger partial charge in [-0.1, -0.05) is 0 Å². The molecular weight excluding hydrogens is 342 g/mol. The number of benzene rings is 2. The Labute approximate surface area is 149 Å². The summed E-state index contributed by atoms with van der Waals surface area (Å²) in [5.74, 6) is -0.625. The van der Waals surface area contributed by atoms with Crippen molar-refractivity contribution in [1.82, 2.24) is 0 Å². The fraction of sp³-hybridized carbons (Fsp3) is 0.222. The summed E-state index contributed by atoms with van der Waals surface area (Å²) < 4.78 is 15.0. The molecule has 0 aliphatic carbocycles. The first kappa shape index (κ1) is 18.9. The summed E-state index contributed by atoms with van der Waals surface area (Å²) in [7, 11) is 2.80. The van der Waals surface area contributed by atoms with Crippen LogP contribution < -0.4 is 9.47 Å². The highest BCUT2D eigenvalue weighted by Gasteiger charge is 2.23. The molecule has 0 saturated carbocycles. The van der Waals surface area contributed by atoms with Crippen molar-refractivity contribution < 1.29 is 28.7 Å². The molecule has 1 atom stereocenters. The van der Waals surface area contributed by atoms with E-state index in [9.17, 15) is 19.7 Å². The average Bonchev–Trinajstić information content (AvgIpc) is 2.66. The summed E-state index contributed by atoms with van der Waals surface area (Å²) in [5.41, 5.74) is -0.0604. The van der Waals surface area contributed by atoms with Crippen molar-refractivity contribution in [2.45, 2.75) is 13.0 Å². The lowest BCUT2D eigenvalue weighted by molar-refractivity contribution is -0.385. The van der Waals surface area contributed by atoms with Gasteiger partial charge in [0.1, 0.15) is 5.75 Å². The van der Waals surface area contributed by atoms with Crippen molar-refractivity contribution in [1.29, 1.82) is 0 Å². The SMILES string of the molecule is COc1ccc(C(=O)[C@@H](C)OC(=O)c2ccc(OC)c([N+](=O)[O-])c2)cc1. The molecule has 2 rings (SSSR count). The van der Waals surface area contributed by atoms with E-state index in [1.54, 1.807) is 24.3 Å². The molecule has 0 unspecified atom stereocenters. The van der Waals surface area contributed by atoms with Gasteiger partial charge in [-0.05, 0) is 43.3 Å². The first-order valence-electron chi connectivity index (χ1n) is 7.59. The molecule has 2 aromatic rings. The van der Waals surface area contributed by atoms with Gasteiger partial charge >= 0.3 is 11.7 Å². The van der Waals surface area contributed by atoms with Crippen molar-refractivity contribution in [3.63, 3.8) is 0 Å². The minimum atomic E-state index is -1.06.